The number of sulfonamides is 2. The lowest BCUT2D eigenvalue weighted by atomic mass is 10.2. The maximum atomic E-state index is 12.6. The van der Waals surface area contributed by atoms with Crippen molar-refractivity contribution in [2.75, 3.05) is 14.8 Å². The molecule has 0 aromatic heterocycles. The molecule has 0 saturated carbocycles. The Hall–Kier alpha value is -2.10. The van der Waals surface area contributed by atoms with E-state index in [-0.39, 0.29) is 22.8 Å². The molecule has 7 nitrogen and oxygen atoms in total. The fourth-order valence-electron chi connectivity index (χ4n) is 2.66. The molecular formula is C16H15ClN2O5S2. The lowest BCUT2D eigenvalue weighted by molar-refractivity contribution is -0.116. The van der Waals surface area contributed by atoms with Crippen LogP contribution in [0.5, 0.6) is 0 Å². The Labute approximate surface area is 156 Å². The van der Waals surface area contributed by atoms with E-state index in [2.05, 4.69) is 4.72 Å². The number of hydrogen-bond donors (Lipinski definition) is 1. The highest BCUT2D eigenvalue weighted by molar-refractivity contribution is 7.94. The number of anilines is 2. The van der Waals surface area contributed by atoms with Crippen molar-refractivity contribution in [3.63, 3.8) is 0 Å². The molecular weight excluding hydrogens is 400 g/mol. The van der Waals surface area contributed by atoms with Gasteiger partial charge in [-0.05, 0) is 55.0 Å². The van der Waals surface area contributed by atoms with Crippen molar-refractivity contribution in [1.29, 1.82) is 0 Å². The summed E-state index contributed by atoms with van der Waals surface area (Å²) in [5.74, 6) is -0.775. The van der Waals surface area contributed by atoms with E-state index in [1.807, 2.05) is 0 Å². The van der Waals surface area contributed by atoms with Crippen molar-refractivity contribution < 1.29 is 21.6 Å². The number of carbonyl (C=O) groups excluding carboxylic acids is 1. The van der Waals surface area contributed by atoms with Crippen molar-refractivity contribution in [3.05, 3.63) is 53.1 Å². The van der Waals surface area contributed by atoms with Crippen LogP contribution >= 0.6 is 11.6 Å². The Balaban J connectivity index is 1.94. The van der Waals surface area contributed by atoms with Gasteiger partial charge in [0.15, 0.2) is 0 Å². The molecule has 1 amide bonds. The summed E-state index contributed by atoms with van der Waals surface area (Å²) in [5, 5.41) is 0.477. The van der Waals surface area contributed by atoms with Crippen molar-refractivity contribution >= 4 is 48.9 Å². The van der Waals surface area contributed by atoms with Gasteiger partial charge < -0.3 is 0 Å². The van der Waals surface area contributed by atoms with E-state index in [1.54, 1.807) is 12.1 Å². The lowest BCUT2D eigenvalue weighted by Gasteiger charge is -2.17. The largest absolute Gasteiger partial charge is 0.280 e. The first-order valence-corrected chi connectivity index (χ1v) is 11.0. The SMILES string of the molecule is Cc1cc(N2C(=O)CCS2(=O)=O)ccc1S(=O)(=O)Nc1ccc(Cl)cc1. The molecule has 0 atom stereocenters. The monoisotopic (exact) mass is 414 g/mol. The van der Waals surface area contributed by atoms with Gasteiger partial charge in [-0.25, -0.2) is 21.1 Å². The number of amides is 1. The Morgan fingerprint density at radius 1 is 1.12 bits per heavy atom. The predicted molar refractivity (Wildman–Crippen MR) is 99.3 cm³/mol. The maximum absolute atomic E-state index is 12.6. The molecule has 0 radical (unpaired) electrons. The molecule has 0 bridgehead atoms. The van der Waals surface area contributed by atoms with E-state index in [1.165, 1.54) is 37.3 Å². The summed E-state index contributed by atoms with van der Waals surface area (Å²) in [4.78, 5) is 11.8. The van der Waals surface area contributed by atoms with Gasteiger partial charge in [-0.3, -0.25) is 9.52 Å². The van der Waals surface area contributed by atoms with Gasteiger partial charge in [0.2, 0.25) is 15.9 Å². The zero-order valence-corrected chi connectivity index (χ0v) is 16.0. The van der Waals surface area contributed by atoms with Crippen LogP contribution in [0.15, 0.2) is 47.4 Å². The van der Waals surface area contributed by atoms with Gasteiger partial charge >= 0.3 is 0 Å². The normalized spacial score (nSPS) is 16.7. The molecule has 1 aliphatic rings. The first kappa shape index (κ1) is 18.7. The summed E-state index contributed by atoms with van der Waals surface area (Å²) in [7, 11) is -7.59. The van der Waals surface area contributed by atoms with Crippen molar-refractivity contribution in [3.8, 4) is 0 Å². The lowest BCUT2D eigenvalue weighted by Crippen LogP contribution is -2.29. The minimum Gasteiger partial charge on any atom is -0.280 e. The Bertz CT molecular complexity index is 1080. The minimum absolute atomic E-state index is 0.0137. The summed E-state index contributed by atoms with van der Waals surface area (Å²) in [6.45, 7) is 1.53. The smallest absolute Gasteiger partial charge is 0.262 e. The molecule has 2 aromatic rings. The first-order valence-electron chi connectivity index (χ1n) is 7.55. The highest BCUT2D eigenvalue weighted by Crippen LogP contribution is 2.29. The minimum atomic E-state index is -3.89. The highest BCUT2D eigenvalue weighted by atomic mass is 35.5. The molecule has 0 aliphatic carbocycles. The third-order valence-corrected chi connectivity index (χ3v) is 7.34. The summed E-state index contributed by atoms with van der Waals surface area (Å²) in [5.41, 5.74) is 0.796. The van der Waals surface area contributed by atoms with E-state index < -0.39 is 26.0 Å². The highest BCUT2D eigenvalue weighted by Gasteiger charge is 2.36. The fraction of sp³-hybridized carbons (Fsp3) is 0.188. The molecule has 1 heterocycles. The van der Waals surface area contributed by atoms with Crippen LogP contribution in [0.4, 0.5) is 11.4 Å². The van der Waals surface area contributed by atoms with Crippen LogP contribution in [0.3, 0.4) is 0 Å². The summed E-state index contributed by atoms with van der Waals surface area (Å²) in [6.07, 6.45) is -0.0838. The molecule has 26 heavy (non-hydrogen) atoms. The average Bonchev–Trinajstić information content (AvgIpc) is 2.82. The number of hydrogen-bond acceptors (Lipinski definition) is 5. The van der Waals surface area contributed by atoms with Gasteiger partial charge in [-0.15, -0.1) is 0 Å². The van der Waals surface area contributed by atoms with Gasteiger partial charge in [-0.1, -0.05) is 11.6 Å². The predicted octanol–water partition coefficient (Wildman–Crippen LogP) is 2.52. The second-order valence-corrected chi connectivity index (χ2v) is 9.81. The molecule has 0 spiro atoms. The zero-order chi connectivity index (χ0) is 19.1. The van der Waals surface area contributed by atoms with Gasteiger partial charge in [-0.2, -0.15) is 0 Å². The van der Waals surface area contributed by atoms with Crippen LogP contribution in [-0.4, -0.2) is 28.5 Å². The standard InChI is InChI=1S/C16H15ClN2O5S2/c1-11-10-14(19-16(20)8-9-25(19,21)22)6-7-15(11)26(23,24)18-13-4-2-12(17)3-5-13/h2-7,10,18H,8-9H2,1H3. The van der Waals surface area contributed by atoms with Gasteiger partial charge in [0.1, 0.15) is 0 Å². The maximum Gasteiger partial charge on any atom is 0.262 e. The number of halogens is 1. The molecule has 1 N–H and O–H groups in total. The first-order chi connectivity index (χ1) is 12.1. The third-order valence-electron chi connectivity index (χ3n) is 3.86. The Morgan fingerprint density at radius 3 is 2.31 bits per heavy atom. The molecule has 10 heteroatoms. The van der Waals surface area contributed by atoms with Gasteiger partial charge in [0.05, 0.1) is 16.3 Å². The number of carbonyl (C=O) groups is 1. The molecule has 1 aliphatic heterocycles. The summed E-state index contributed by atoms with van der Waals surface area (Å²) < 4.78 is 52.3. The van der Waals surface area contributed by atoms with Gasteiger partial charge in [0.25, 0.3) is 10.0 Å². The van der Waals surface area contributed by atoms with E-state index in [0.29, 0.717) is 16.3 Å². The van der Waals surface area contributed by atoms with E-state index in [0.717, 1.165) is 4.31 Å². The van der Waals surface area contributed by atoms with Crippen molar-refractivity contribution in [1.82, 2.24) is 0 Å². The second kappa shape index (κ2) is 6.57. The summed E-state index contributed by atoms with van der Waals surface area (Å²) >= 11 is 5.78. The number of aryl methyl sites for hydroxylation is 1. The van der Waals surface area contributed by atoms with Crippen LogP contribution in [0.25, 0.3) is 0 Å². The Morgan fingerprint density at radius 2 is 1.77 bits per heavy atom. The van der Waals surface area contributed by atoms with Crippen LogP contribution < -0.4 is 9.03 Å². The van der Waals surface area contributed by atoms with Gasteiger partial charge in [0, 0.05) is 17.1 Å². The molecule has 1 saturated heterocycles. The molecule has 1 fully saturated rings. The number of rotatable bonds is 4. The zero-order valence-electron chi connectivity index (χ0n) is 13.6. The van der Waals surface area contributed by atoms with Crippen molar-refractivity contribution in [2.45, 2.75) is 18.2 Å². The molecule has 0 unspecified atom stereocenters. The number of nitrogens with zero attached hydrogens (tertiary/aromatic N) is 1. The molecule has 2 aromatic carbocycles. The fourth-order valence-corrected chi connectivity index (χ4v) is 5.52. The summed E-state index contributed by atoms with van der Waals surface area (Å²) in [6, 6.07) is 10.1. The Kier molecular flexibility index (Phi) is 4.72. The van der Waals surface area contributed by atoms with Crippen LogP contribution in [0.2, 0.25) is 5.02 Å². The van der Waals surface area contributed by atoms with E-state index in [9.17, 15) is 21.6 Å². The third kappa shape index (κ3) is 3.55. The second-order valence-electron chi connectivity index (χ2n) is 5.79. The number of benzene rings is 2. The quantitative estimate of drug-likeness (QED) is 0.828. The van der Waals surface area contributed by atoms with Crippen molar-refractivity contribution in [2.24, 2.45) is 0 Å². The molecule has 3 rings (SSSR count). The van der Waals surface area contributed by atoms with E-state index in [4.69, 9.17) is 11.6 Å². The average molecular weight is 415 g/mol. The van der Waals surface area contributed by atoms with Crippen LogP contribution in [0.1, 0.15) is 12.0 Å². The van der Waals surface area contributed by atoms with E-state index >= 15 is 0 Å². The number of nitrogens with one attached hydrogen (secondary N) is 1. The molecule has 138 valence electrons. The van der Waals surface area contributed by atoms with Crippen LogP contribution in [-0.2, 0) is 24.8 Å². The van der Waals surface area contributed by atoms with Crippen LogP contribution in [0, 0.1) is 6.92 Å². The topological polar surface area (TPSA) is 101 Å².